The van der Waals surface area contributed by atoms with Gasteiger partial charge in [-0.3, -0.25) is 0 Å². The van der Waals surface area contributed by atoms with Crippen LogP contribution in [0.15, 0.2) is 0 Å². The summed E-state index contributed by atoms with van der Waals surface area (Å²) in [5.74, 6) is 0. The summed E-state index contributed by atoms with van der Waals surface area (Å²) in [5.41, 5.74) is 5.48. The van der Waals surface area contributed by atoms with Gasteiger partial charge in [0.2, 0.25) is 0 Å². The number of aliphatic hydroxyl groups excluding tert-OH is 1. The van der Waals surface area contributed by atoms with Crippen LogP contribution < -0.4 is 5.73 Å². The lowest BCUT2D eigenvalue weighted by molar-refractivity contribution is 0.0639. The Hall–Kier alpha value is -0.160. The monoisotopic (exact) mass is 205 g/mol. The molecule has 4 heteroatoms. The number of rotatable bonds is 9. The van der Waals surface area contributed by atoms with Crippen molar-refractivity contribution in [2.24, 2.45) is 5.73 Å². The van der Waals surface area contributed by atoms with Crippen LogP contribution in [0.5, 0.6) is 0 Å². The minimum Gasteiger partial charge on any atom is -0.394 e. The summed E-state index contributed by atoms with van der Waals surface area (Å²) in [5, 5.41) is 9.04. The Morgan fingerprint density at radius 3 is 2.50 bits per heavy atom. The molecule has 0 amide bonds. The van der Waals surface area contributed by atoms with Gasteiger partial charge in [0.25, 0.3) is 0 Å². The summed E-state index contributed by atoms with van der Waals surface area (Å²) in [7, 11) is 1.65. The van der Waals surface area contributed by atoms with E-state index in [4.69, 9.17) is 20.3 Å². The molecular weight excluding hydrogens is 182 g/mol. The Balaban J connectivity index is 3.34. The fourth-order valence-corrected chi connectivity index (χ4v) is 1.14. The van der Waals surface area contributed by atoms with Crippen molar-refractivity contribution in [1.29, 1.82) is 0 Å². The predicted molar refractivity (Wildman–Crippen MR) is 56.2 cm³/mol. The molecule has 1 atom stereocenters. The lowest BCUT2D eigenvalue weighted by atomic mass is 9.93. The molecule has 0 aliphatic carbocycles. The Bertz CT molecular complexity index is 127. The minimum atomic E-state index is -0.426. The second kappa shape index (κ2) is 8.17. The lowest BCUT2D eigenvalue weighted by Crippen LogP contribution is -2.43. The molecule has 3 N–H and O–H groups in total. The molecule has 1 unspecified atom stereocenters. The van der Waals surface area contributed by atoms with Gasteiger partial charge in [0.05, 0.1) is 19.8 Å². The van der Waals surface area contributed by atoms with Crippen LogP contribution in [0.25, 0.3) is 0 Å². The topological polar surface area (TPSA) is 64.7 Å². The van der Waals surface area contributed by atoms with Gasteiger partial charge in [-0.1, -0.05) is 6.92 Å². The molecule has 4 nitrogen and oxygen atoms in total. The highest BCUT2D eigenvalue weighted by atomic mass is 16.5. The molecule has 0 aliphatic heterocycles. The van der Waals surface area contributed by atoms with Gasteiger partial charge in [-0.15, -0.1) is 0 Å². The van der Waals surface area contributed by atoms with Gasteiger partial charge in [-0.25, -0.2) is 0 Å². The lowest BCUT2D eigenvalue weighted by Gasteiger charge is -2.25. The number of hydrogen-bond donors (Lipinski definition) is 2. The molecule has 14 heavy (non-hydrogen) atoms. The first-order valence-electron chi connectivity index (χ1n) is 5.15. The van der Waals surface area contributed by atoms with Gasteiger partial charge in [-0.2, -0.15) is 0 Å². The van der Waals surface area contributed by atoms with Crippen molar-refractivity contribution in [2.75, 3.05) is 33.5 Å². The van der Waals surface area contributed by atoms with Crippen molar-refractivity contribution in [3.8, 4) is 0 Å². The maximum Gasteiger partial charge on any atom is 0.0700 e. The van der Waals surface area contributed by atoms with Crippen molar-refractivity contribution >= 4 is 0 Å². The molecule has 0 fully saturated rings. The normalized spacial score (nSPS) is 15.4. The highest BCUT2D eigenvalue weighted by molar-refractivity contribution is 4.81. The molecule has 0 aromatic carbocycles. The largest absolute Gasteiger partial charge is 0.394 e. The second-order valence-corrected chi connectivity index (χ2v) is 3.58. The zero-order valence-electron chi connectivity index (χ0n) is 9.29. The Morgan fingerprint density at radius 1 is 1.29 bits per heavy atom. The zero-order valence-corrected chi connectivity index (χ0v) is 9.29. The smallest absolute Gasteiger partial charge is 0.0700 e. The summed E-state index contributed by atoms with van der Waals surface area (Å²) in [6, 6.07) is 0. The van der Waals surface area contributed by atoms with E-state index in [1.54, 1.807) is 7.11 Å². The average Bonchev–Trinajstić information content (AvgIpc) is 2.23. The van der Waals surface area contributed by atoms with Gasteiger partial charge in [0.1, 0.15) is 0 Å². The molecule has 86 valence electrons. The van der Waals surface area contributed by atoms with Crippen LogP contribution in [-0.2, 0) is 9.47 Å². The van der Waals surface area contributed by atoms with Crippen LogP contribution in [0.1, 0.15) is 26.2 Å². The quantitative estimate of drug-likeness (QED) is 0.539. The average molecular weight is 205 g/mol. The number of nitrogens with two attached hydrogens (primary N) is 1. The van der Waals surface area contributed by atoms with E-state index in [1.165, 1.54) is 0 Å². The Labute approximate surface area is 86.4 Å². The van der Waals surface area contributed by atoms with Gasteiger partial charge >= 0.3 is 0 Å². The highest BCUT2D eigenvalue weighted by Crippen LogP contribution is 2.12. The SMILES string of the molecule is CCC(N)(CO)CCCOCCOC. The third kappa shape index (κ3) is 6.32. The molecule has 0 aromatic rings. The van der Waals surface area contributed by atoms with E-state index in [0.29, 0.717) is 19.8 Å². The molecule has 0 bridgehead atoms. The predicted octanol–water partition coefficient (Wildman–Crippen LogP) is 0.529. The van der Waals surface area contributed by atoms with Crippen LogP contribution in [0, 0.1) is 0 Å². The van der Waals surface area contributed by atoms with E-state index in [2.05, 4.69) is 0 Å². The fraction of sp³-hybridized carbons (Fsp3) is 1.00. The minimum absolute atomic E-state index is 0.0432. The van der Waals surface area contributed by atoms with E-state index in [1.807, 2.05) is 6.92 Å². The first kappa shape index (κ1) is 13.8. The first-order valence-corrected chi connectivity index (χ1v) is 5.15. The summed E-state index contributed by atoms with van der Waals surface area (Å²) in [4.78, 5) is 0. The zero-order chi connectivity index (χ0) is 10.9. The third-order valence-electron chi connectivity index (χ3n) is 2.41. The summed E-state index contributed by atoms with van der Waals surface area (Å²) >= 11 is 0. The van der Waals surface area contributed by atoms with Crippen molar-refractivity contribution in [3.63, 3.8) is 0 Å². The van der Waals surface area contributed by atoms with E-state index < -0.39 is 5.54 Å². The number of hydrogen-bond acceptors (Lipinski definition) is 4. The van der Waals surface area contributed by atoms with E-state index >= 15 is 0 Å². The number of methoxy groups -OCH3 is 1. The highest BCUT2D eigenvalue weighted by Gasteiger charge is 2.20. The molecule has 0 saturated heterocycles. The molecule has 0 spiro atoms. The summed E-state index contributed by atoms with van der Waals surface area (Å²) < 4.78 is 10.1. The number of aliphatic hydroxyl groups is 1. The van der Waals surface area contributed by atoms with Crippen LogP contribution in [0.4, 0.5) is 0 Å². The molecule has 0 aliphatic rings. The van der Waals surface area contributed by atoms with Gasteiger partial charge in [0, 0.05) is 19.3 Å². The Kier molecular flexibility index (Phi) is 8.08. The van der Waals surface area contributed by atoms with Crippen molar-refractivity contribution in [2.45, 2.75) is 31.7 Å². The van der Waals surface area contributed by atoms with Crippen LogP contribution in [0.2, 0.25) is 0 Å². The first-order chi connectivity index (χ1) is 6.68. The molecule has 0 aromatic heterocycles. The molecule has 0 rings (SSSR count). The molecule has 0 radical (unpaired) electrons. The molecule has 0 heterocycles. The summed E-state index contributed by atoms with van der Waals surface area (Å²) in [6.45, 7) is 3.97. The third-order valence-corrected chi connectivity index (χ3v) is 2.41. The molecular formula is C10H23NO3. The van der Waals surface area contributed by atoms with Crippen molar-refractivity contribution < 1.29 is 14.6 Å². The fourth-order valence-electron chi connectivity index (χ4n) is 1.14. The van der Waals surface area contributed by atoms with E-state index in [-0.39, 0.29) is 6.61 Å². The van der Waals surface area contributed by atoms with Gasteiger partial charge in [-0.05, 0) is 19.3 Å². The van der Waals surface area contributed by atoms with E-state index in [9.17, 15) is 0 Å². The maximum atomic E-state index is 9.04. The Morgan fingerprint density at radius 2 is 2.00 bits per heavy atom. The second-order valence-electron chi connectivity index (χ2n) is 3.58. The van der Waals surface area contributed by atoms with Crippen molar-refractivity contribution in [1.82, 2.24) is 0 Å². The van der Waals surface area contributed by atoms with Gasteiger partial charge < -0.3 is 20.3 Å². The molecule has 0 saturated carbocycles. The number of ether oxygens (including phenoxy) is 2. The standard InChI is InChI=1S/C10H23NO3/c1-3-10(11,9-12)5-4-6-14-8-7-13-2/h12H,3-9,11H2,1-2H3. The maximum absolute atomic E-state index is 9.04. The summed E-state index contributed by atoms with van der Waals surface area (Å²) in [6.07, 6.45) is 2.48. The van der Waals surface area contributed by atoms with Crippen molar-refractivity contribution in [3.05, 3.63) is 0 Å². The van der Waals surface area contributed by atoms with Crippen LogP contribution in [-0.4, -0.2) is 44.2 Å². The van der Waals surface area contributed by atoms with E-state index in [0.717, 1.165) is 19.3 Å². The van der Waals surface area contributed by atoms with Crippen LogP contribution >= 0.6 is 0 Å². The van der Waals surface area contributed by atoms with Gasteiger partial charge in [0.15, 0.2) is 0 Å². The van der Waals surface area contributed by atoms with Crippen LogP contribution in [0.3, 0.4) is 0 Å².